The topological polar surface area (TPSA) is 92.7 Å². The summed E-state index contributed by atoms with van der Waals surface area (Å²) >= 11 is 0. The number of aromatic amines is 1. The Bertz CT molecular complexity index is 1450. The number of halogens is 1. The maximum absolute atomic E-state index is 13.3. The number of nitrogens with zero attached hydrogens (tertiary/aromatic N) is 3. The number of H-pyrrole nitrogens is 1. The van der Waals surface area contributed by atoms with E-state index >= 15 is 0 Å². The van der Waals surface area contributed by atoms with Gasteiger partial charge in [0.15, 0.2) is 0 Å². The van der Waals surface area contributed by atoms with E-state index in [0.29, 0.717) is 22.1 Å². The number of amides is 1. The fourth-order valence-electron chi connectivity index (χ4n) is 3.48. The van der Waals surface area contributed by atoms with Gasteiger partial charge < -0.3 is 4.98 Å². The first kappa shape index (κ1) is 18.7. The van der Waals surface area contributed by atoms with Gasteiger partial charge in [0, 0.05) is 11.6 Å². The Labute approximate surface area is 175 Å². The van der Waals surface area contributed by atoms with Gasteiger partial charge in [-0.1, -0.05) is 24.3 Å². The molecule has 7 nitrogen and oxygen atoms in total. The summed E-state index contributed by atoms with van der Waals surface area (Å²) in [4.78, 5) is 37.8. The number of nitrogens with one attached hydrogen (secondary N) is 2. The van der Waals surface area contributed by atoms with Crippen molar-refractivity contribution in [2.75, 3.05) is 5.32 Å². The predicted molar refractivity (Wildman–Crippen MR) is 116 cm³/mol. The second-order valence-corrected chi connectivity index (χ2v) is 7.05. The molecule has 5 aromatic rings. The molecule has 0 saturated carbocycles. The monoisotopic (exact) mass is 413 g/mol. The molecule has 0 atom stereocenters. The van der Waals surface area contributed by atoms with Crippen molar-refractivity contribution < 1.29 is 9.18 Å². The van der Waals surface area contributed by atoms with Crippen LogP contribution in [0.25, 0.3) is 22.1 Å². The third-order valence-corrected chi connectivity index (χ3v) is 4.97. The number of fused-ring (bicyclic) bond motifs is 2. The van der Waals surface area contributed by atoms with Crippen molar-refractivity contribution >= 4 is 33.9 Å². The molecule has 0 unspecified atom stereocenters. The highest BCUT2D eigenvalue weighted by Gasteiger charge is 2.18. The minimum absolute atomic E-state index is 0.0388. The van der Waals surface area contributed by atoms with Crippen LogP contribution in [0.15, 0.2) is 77.7 Å². The Morgan fingerprint density at radius 1 is 1.06 bits per heavy atom. The largest absolute Gasteiger partial charge is 0.324 e. The summed E-state index contributed by atoms with van der Waals surface area (Å²) in [7, 11) is 0. The highest BCUT2D eigenvalue weighted by molar-refractivity contribution is 6.05. The molecule has 0 bridgehead atoms. The van der Waals surface area contributed by atoms with Crippen molar-refractivity contribution in [3.8, 4) is 0 Å². The summed E-state index contributed by atoms with van der Waals surface area (Å²) in [6.07, 6.45) is 1.58. The number of anilines is 1. The zero-order valence-electron chi connectivity index (χ0n) is 16.2. The summed E-state index contributed by atoms with van der Waals surface area (Å²) in [5.74, 6) is -0.692. The number of hydrogen-bond acceptors (Lipinski definition) is 4. The van der Waals surface area contributed by atoms with Crippen LogP contribution in [0.3, 0.4) is 0 Å². The number of benzene rings is 2. The fourth-order valence-corrected chi connectivity index (χ4v) is 3.48. The van der Waals surface area contributed by atoms with Gasteiger partial charge in [-0.3, -0.25) is 19.5 Å². The summed E-state index contributed by atoms with van der Waals surface area (Å²) in [6, 6.07) is 18.2. The maximum atomic E-state index is 13.3. The summed E-state index contributed by atoms with van der Waals surface area (Å²) < 4.78 is 14.7. The average Bonchev–Trinajstić information content (AvgIpc) is 3.19. The first-order valence-corrected chi connectivity index (χ1v) is 9.57. The molecule has 0 fully saturated rings. The van der Waals surface area contributed by atoms with Gasteiger partial charge in [0.05, 0.1) is 17.6 Å². The van der Waals surface area contributed by atoms with Gasteiger partial charge in [0.25, 0.3) is 11.5 Å². The number of aromatic nitrogens is 4. The molecule has 0 aliphatic rings. The lowest BCUT2D eigenvalue weighted by atomic mass is 10.1. The van der Waals surface area contributed by atoms with Crippen molar-refractivity contribution in [2.24, 2.45) is 0 Å². The molecule has 152 valence electrons. The van der Waals surface area contributed by atoms with Crippen LogP contribution in [0, 0.1) is 5.82 Å². The molecule has 0 spiro atoms. The van der Waals surface area contributed by atoms with Crippen molar-refractivity contribution in [1.82, 2.24) is 19.5 Å². The zero-order chi connectivity index (χ0) is 21.4. The average molecular weight is 413 g/mol. The molecule has 1 amide bonds. The molecule has 5 rings (SSSR count). The molecular formula is C23H16FN5O2. The van der Waals surface area contributed by atoms with E-state index in [0.717, 1.165) is 5.52 Å². The third-order valence-electron chi connectivity index (χ3n) is 4.97. The van der Waals surface area contributed by atoms with Crippen LogP contribution in [-0.4, -0.2) is 25.4 Å². The summed E-state index contributed by atoms with van der Waals surface area (Å²) in [5, 5.41) is 3.30. The Morgan fingerprint density at radius 2 is 1.87 bits per heavy atom. The second kappa shape index (κ2) is 7.49. The molecular weight excluding hydrogens is 397 g/mol. The number of pyridine rings is 2. The van der Waals surface area contributed by atoms with Crippen molar-refractivity contribution in [2.45, 2.75) is 6.54 Å². The number of carbonyl (C=O) groups is 1. The molecule has 8 heteroatoms. The van der Waals surface area contributed by atoms with Gasteiger partial charge in [0.1, 0.15) is 17.0 Å². The molecule has 31 heavy (non-hydrogen) atoms. The van der Waals surface area contributed by atoms with Crippen LogP contribution in [0.5, 0.6) is 0 Å². The minimum atomic E-state index is -0.581. The number of para-hydroxylation sites is 2. The van der Waals surface area contributed by atoms with Gasteiger partial charge in [0.2, 0.25) is 5.95 Å². The van der Waals surface area contributed by atoms with Crippen LogP contribution in [0.1, 0.15) is 15.9 Å². The van der Waals surface area contributed by atoms with Crippen molar-refractivity contribution in [3.63, 3.8) is 0 Å². The molecule has 0 aliphatic heterocycles. The van der Waals surface area contributed by atoms with Gasteiger partial charge in [-0.15, -0.1) is 0 Å². The SMILES string of the molecule is O=C(Nc1nc2ccccc2[nH]1)c1cc2cccnc2n(Cc2ccc(F)cc2)c1=O. The first-order chi connectivity index (χ1) is 15.1. The Hall–Kier alpha value is -4.33. The fraction of sp³-hybridized carbons (Fsp3) is 0.0435. The van der Waals surface area contributed by atoms with E-state index in [1.807, 2.05) is 24.3 Å². The van der Waals surface area contributed by atoms with Gasteiger partial charge in [-0.2, -0.15) is 0 Å². The van der Waals surface area contributed by atoms with Crippen molar-refractivity contribution in [1.29, 1.82) is 0 Å². The van der Waals surface area contributed by atoms with E-state index < -0.39 is 11.5 Å². The normalized spacial score (nSPS) is 11.1. The zero-order valence-corrected chi connectivity index (χ0v) is 16.2. The minimum Gasteiger partial charge on any atom is -0.324 e. The highest BCUT2D eigenvalue weighted by Crippen LogP contribution is 2.16. The van der Waals surface area contributed by atoms with Gasteiger partial charge >= 0.3 is 0 Å². The standard InChI is InChI=1S/C23H16FN5O2/c24-16-9-7-14(8-10-16)13-29-20-15(4-3-11-25-20)12-17(22(29)31)21(30)28-23-26-18-5-1-2-6-19(18)27-23/h1-12H,13H2,(H2,26,27,28,30). The number of carbonyl (C=O) groups excluding carboxylic acids is 1. The highest BCUT2D eigenvalue weighted by atomic mass is 19.1. The number of rotatable bonds is 4. The first-order valence-electron chi connectivity index (χ1n) is 9.57. The lowest BCUT2D eigenvalue weighted by Crippen LogP contribution is -2.30. The van der Waals surface area contributed by atoms with E-state index in [-0.39, 0.29) is 23.9 Å². The lowest BCUT2D eigenvalue weighted by Gasteiger charge is -2.12. The molecule has 3 aromatic heterocycles. The molecule has 2 N–H and O–H groups in total. The van der Waals surface area contributed by atoms with E-state index in [1.54, 1.807) is 30.5 Å². The summed E-state index contributed by atoms with van der Waals surface area (Å²) in [6.45, 7) is 0.151. The third kappa shape index (κ3) is 3.55. The number of imidazole rings is 1. The maximum Gasteiger partial charge on any atom is 0.265 e. The van der Waals surface area contributed by atoms with Gasteiger partial charge in [-0.25, -0.2) is 14.4 Å². The lowest BCUT2D eigenvalue weighted by molar-refractivity contribution is 0.102. The molecule has 0 aliphatic carbocycles. The molecule has 3 heterocycles. The van der Waals surface area contributed by atoms with E-state index in [9.17, 15) is 14.0 Å². The molecule has 0 radical (unpaired) electrons. The molecule has 0 saturated heterocycles. The van der Waals surface area contributed by atoms with Crippen LogP contribution < -0.4 is 10.9 Å². The molecule has 2 aromatic carbocycles. The predicted octanol–water partition coefficient (Wildman–Crippen LogP) is 3.71. The Morgan fingerprint density at radius 3 is 2.68 bits per heavy atom. The van der Waals surface area contributed by atoms with E-state index in [4.69, 9.17) is 0 Å². The number of hydrogen-bond donors (Lipinski definition) is 2. The van der Waals surface area contributed by atoms with Crippen LogP contribution in [-0.2, 0) is 6.54 Å². The summed E-state index contributed by atoms with van der Waals surface area (Å²) in [5.41, 5.74) is 2.10. The Kier molecular flexibility index (Phi) is 4.51. The van der Waals surface area contributed by atoms with Gasteiger partial charge in [-0.05, 0) is 48.0 Å². The van der Waals surface area contributed by atoms with Crippen LogP contribution in [0.2, 0.25) is 0 Å². The van der Waals surface area contributed by atoms with E-state index in [2.05, 4.69) is 20.3 Å². The Balaban J connectivity index is 1.56. The van der Waals surface area contributed by atoms with Crippen LogP contribution in [0.4, 0.5) is 10.3 Å². The smallest absolute Gasteiger partial charge is 0.265 e. The second-order valence-electron chi connectivity index (χ2n) is 7.05. The van der Waals surface area contributed by atoms with Crippen LogP contribution >= 0.6 is 0 Å². The van der Waals surface area contributed by atoms with Crippen molar-refractivity contribution in [3.05, 3.63) is 100 Å². The quantitative estimate of drug-likeness (QED) is 0.470. The van der Waals surface area contributed by atoms with E-state index in [1.165, 1.54) is 22.8 Å².